The number of aromatic nitrogens is 2. The Bertz CT molecular complexity index is 447. The molecule has 0 saturated carbocycles. The summed E-state index contributed by atoms with van der Waals surface area (Å²) in [6.45, 7) is 0. The van der Waals surface area contributed by atoms with E-state index in [1.807, 2.05) is 29.9 Å². The largest absolute Gasteiger partial charge is 0.267 e. The molecule has 0 fully saturated rings. The van der Waals surface area contributed by atoms with Gasteiger partial charge < -0.3 is 0 Å². The molecule has 5 heteroatoms. The first-order valence-corrected chi connectivity index (χ1v) is 5.93. The molecule has 0 aliphatic rings. The minimum Gasteiger partial charge on any atom is -0.267 e. The van der Waals surface area contributed by atoms with Crippen molar-refractivity contribution in [1.82, 2.24) is 9.78 Å². The van der Waals surface area contributed by atoms with Gasteiger partial charge in [-0.05, 0) is 18.2 Å². The minimum atomic E-state index is 0.660. The van der Waals surface area contributed by atoms with Gasteiger partial charge in [-0.1, -0.05) is 11.6 Å². The first kappa shape index (κ1) is 10.1. The number of thiol groups is 1. The van der Waals surface area contributed by atoms with Crippen LogP contribution in [-0.4, -0.2) is 9.78 Å². The van der Waals surface area contributed by atoms with Gasteiger partial charge in [-0.25, -0.2) is 0 Å². The Balaban J connectivity index is 2.45. The van der Waals surface area contributed by atoms with Crippen LogP contribution in [0.3, 0.4) is 0 Å². The highest BCUT2D eigenvalue weighted by atomic mass is 35.5. The topological polar surface area (TPSA) is 17.8 Å². The molecule has 2 aromatic heterocycles. The van der Waals surface area contributed by atoms with Crippen LogP contribution in [0.4, 0.5) is 0 Å². The van der Waals surface area contributed by atoms with Gasteiger partial charge in [0.25, 0.3) is 0 Å². The monoisotopic (exact) mass is 244 g/mol. The van der Waals surface area contributed by atoms with Gasteiger partial charge in [0.15, 0.2) is 0 Å². The fraction of sp³-hybridized carbons (Fsp3) is 0.222. The Labute approximate surface area is 96.9 Å². The zero-order valence-electron chi connectivity index (χ0n) is 7.57. The predicted molar refractivity (Wildman–Crippen MR) is 64.2 cm³/mol. The highest BCUT2D eigenvalue weighted by molar-refractivity contribution is 7.79. The fourth-order valence-corrected chi connectivity index (χ4v) is 2.53. The molecule has 2 rings (SSSR count). The summed E-state index contributed by atoms with van der Waals surface area (Å²) in [5, 5.41) is 4.32. The SMILES string of the molecule is Cn1nc(CS)cc1-c1ccc(Cl)s1. The summed E-state index contributed by atoms with van der Waals surface area (Å²) in [7, 11) is 1.93. The van der Waals surface area contributed by atoms with Crippen molar-refractivity contribution in [2.24, 2.45) is 7.05 Å². The molecule has 74 valence electrons. The van der Waals surface area contributed by atoms with Crippen molar-refractivity contribution < 1.29 is 0 Å². The van der Waals surface area contributed by atoms with Gasteiger partial charge >= 0.3 is 0 Å². The molecular weight excluding hydrogens is 236 g/mol. The normalized spacial score (nSPS) is 10.8. The Morgan fingerprint density at radius 3 is 2.86 bits per heavy atom. The van der Waals surface area contributed by atoms with E-state index in [-0.39, 0.29) is 0 Å². The van der Waals surface area contributed by atoms with Gasteiger partial charge in [-0.2, -0.15) is 17.7 Å². The van der Waals surface area contributed by atoms with E-state index in [0.29, 0.717) is 5.75 Å². The first-order chi connectivity index (χ1) is 6.70. The van der Waals surface area contributed by atoms with Gasteiger partial charge in [0, 0.05) is 12.8 Å². The van der Waals surface area contributed by atoms with Crippen molar-refractivity contribution in [2.45, 2.75) is 5.75 Å². The molecule has 0 amide bonds. The van der Waals surface area contributed by atoms with Crippen LogP contribution in [0.15, 0.2) is 18.2 Å². The van der Waals surface area contributed by atoms with E-state index in [2.05, 4.69) is 17.7 Å². The maximum atomic E-state index is 5.88. The Kier molecular flexibility index (Phi) is 2.85. The minimum absolute atomic E-state index is 0.660. The summed E-state index contributed by atoms with van der Waals surface area (Å²) >= 11 is 11.6. The van der Waals surface area contributed by atoms with Crippen LogP contribution in [0.2, 0.25) is 4.34 Å². The zero-order valence-corrected chi connectivity index (χ0v) is 10.0. The molecule has 2 aromatic rings. The fourth-order valence-electron chi connectivity index (χ4n) is 1.29. The molecule has 0 spiro atoms. The van der Waals surface area contributed by atoms with Gasteiger partial charge in [0.05, 0.1) is 20.6 Å². The summed E-state index contributed by atoms with van der Waals surface area (Å²) in [4.78, 5) is 1.14. The van der Waals surface area contributed by atoms with Crippen molar-refractivity contribution in [3.63, 3.8) is 0 Å². The Hall–Kier alpha value is -0.450. The first-order valence-electron chi connectivity index (χ1n) is 4.10. The molecule has 0 bridgehead atoms. The van der Waals surface area contributed by atoms with Crippen LogP contribution >= 0.6 is 35.6 Å². The zero-order chi connectivity index (χ0) is 10.1. The van der Waals surface area contributed by atoms with Crippen LogP contribution in [0.25, 0.3) is 10.6 Å². The third-order valence-electron chi connectivity index (χ3n) is 1.92. The standard InChI is InChI=1S/C9H9ClN2S2/c1-12-7(4-6(5-13)11-12)8-2-3-9(10)14-8/h2-4,13H,5H2,1H3. The van der Waals surface area contributed by atoms with Gasteiger partial charge in [0.1, 0.15) is 0 Å². The maximum Gasteiger partial charge on any atom is 0.0935 e. The summed E-state index contributed by atoms with van der Waals surface area (Å²) in [6, 6.07) is 5.94. The lowest BCUT2D eigenvalue weighted by Crippen LogP contribution is -1.92. The van der Waals surface area contributed by atoms with Crippen LogP contribution < -0.4 is 0 Å². The predicted octanol–water partition coefficient (Wildman–Crippen LogP) is 3.23. The van der Waals surface area contributed by atoms with E-state index < -0.39 is 0 Å². The second kappa shape index (κ2) is 3.96. The highest BCUT2D eigenvalue weighted by Crippen LogP contribution is 2.31. The Morgan fingerprint density at radius 2 is 2.36 bits per heavy atom. The molecule has 0 aliphatic heterocycles. The third kappa shape index (κ3) is 1.82. The number of halogens is 1. The van der Waals surface area contributed by atoms with E-state index in [0.717, 1.165) is 20.6 Å². The number of nitrogens with zero attached hydrogens (tertiary/aromatic N) is 2. The van der Waals surface area contributed by atoms with Crippen LogP contribution in [0.1, 0.15) is 5.69 Å². The lowest BCUT2D eigenvalue weighted by atomic mass is 10.3. The maximum absolute atomic E-state index is 5.88. The summed E-state index contributed by atoms with van der Waals surface area (Å²) in [5.74, 6) is 0.660. The quantitative estimate of drug-likeness (QED) is 0.804. The number of rotatable bonds is 2. The molecule has 0 N–H and O–H groups in total. The van der Waals surface area contributed by atoms with E-state index in [4.69, 9.17) is 11.6 Å². The molecule has 0 radical (unpaired) electrons. The van der Waals surface area contributed by atoms with Gasteiger partial charge in [-0.15, -0.1) is 11.3 Å². The van der Waals surface area contributed by atoms with E-state index in [9.17, 15) is 0 Å². The van der Waals surface area contributed by atoms with Crippen LogP contribution in [0, 0.1) is 0 Å². The second-order valence-corrected chi connectivity index (χ2v) is 4.94. The van der Waals surface area contributed by atoms with Crippen molar-refractivity contribution in [1.29, 1.82) is 0 Å². The second-order valence-electron chi connectivity index (χ2n) is 2.91. The van der Waals surface area contributed by atoms with E-state index >= 15 is 0 Å². The molecular formula is C9H9ClN2S2. The number of aryl methyl sites for hydroxylation is 1. The average Bonchev–Trinajstić information content (AvgIpc) is 2.71. The highest BCUT2D eigenvalue weighted by Gasteiger charge is 2.08. The van der Waals surface area contributed by atoms with E-state index in [1.165, 1.54) is 0 Å². The van der Waals surface area contributed by atoms with Gasteiger partial charge in [0.2, 0.25) is 0 Å². The van der Waals surface area contributed by atoms with E-state index in [1.54, 1.807) is 11.3 Å². The summed E-state index contributed by atoms with van der Waals surface area (Å²) in [5.41, 5.74) is 2.07. The van der Waals surface area contributed by atoms with Crippen LogP contribution in [0.5, 0.6) is 0 Å². The molecule has 0 aromatic carbocycles. The Morgan fingerprint density at radius 1 is 1.57 bits per heavy atom. The van der Waals surface area contributed by atoms with Crippen molar-refractivity contribution in [2.75, 3.05) is 0 Å². The summed E-state index contributed by atoms with van der Waals surface area (Å²) < 4.78 is 2.65. The summed E-state index contributed by atoms with van der Waals surface area (Å²) in [6.07, 6.45) is 0. The molecule has 0 saturated heterocycles. The molecule has 2 nitrogen and oxygen atoms in total. The number of hydrogen-bond acceptors (Lipinski definition) is 3. The van der Waals surface area contributed by atoms with Gasteiger partial charge in [-0.3, -0.25) is 4.68 Å². The molecule has 0 unspecified atom stereocenters. The molecule has 2 heterocycles. The van der Waals surface area contributed by atoms with Crippen LogP contribution in [-0.2, 0) is 12.8 Å². The molecule has 14 heavy (non-hydrogen) atoms. The third-order valence-corrected chi connectivity index (χ3v) is 3.50. The smallest absolute Gasteiger partial charge is 0.0935 e. The number of thiophene rings is 1. The lowest BCUT2D eigenvalue weighted by molar-refractivity contribution is 0.763. The average molecular weight is 245 g/mol. The van der Waals surface area contributed by atoms with Crippen molar-refractivity contribution >= 4 is 35.6 Å². The lowest BCUT2D eigenvalue weighted by Gasteiger charge is -1.95. The molecule has 0 atom stereocenters. The number of hydrogen-bond donors (Lipinski definition) is 1. The van der Waals surface area contributed by atoms with Crippen molar-refractivity contribution in [3.05, 3.63) is 28.2 Å². The van der Waals surface area contributed by atoms with Crippen molar-refractivity contribution in [3.8, 4) is 10.6 Å². The molecule has 0 aliphatic carbocycles.